The second-order valence-electron chi connectivity index (χ2n) is 5.78. The van der Waals surface area contributed by atoms with Gasteiger partial charge < -0.3 is 15.0 Å². The van der Waals surface area contributed by atoms with Crippen LogP contribution < -0.4 is 5.32 Å². The zero-order chi connectivity index (χ0) is 14.7. The molecule has 0 amide bonds. The molecule has 0 saturated carbocycles. The van der Waals surface area contributed by atoms with Gasteiger partial charge in [0.05, 0.1) is 17.1 Å². The van der Waals surface area contributed by atoms with Gasteiger partial charge in [-0.1, -0.05) is 24.8 Å². The van der Waals surface area contributed by atoms with Gasteiger partial charge in [0, 0.05) is 24.9 Å². The van der Waals surface area contributed by atoms with Crippen LogP contribution in [0.4, 0.5) is 0 Å². The zero-order valence-electron chi connectivity index (χ0n) is 12.7. The summed E-state index contributed by atoms with van der Waals surface area (Å²) in [6.45, 7) is 7.19. The van der Waals surface area contributed by atoms with Crippen molar-refractivity contribution in [1.29, 1.82) is 0 Å². The third-order valence-electron chi connectivity index (χ3n) is 3.76. The van der Waals surface area contributed by atoms with Crippen LogP contribution in [-0.4, -0.2) is 41.0 Å². The molecular formula is C16H23N3OS. The van der Waals surface area contributed by atoms with E-state index < -0.39 is 0 Å². The summed E-state index contributed by atoms with van der Waals surface area (Å²) in [5.74, 6) is 0. The van der Waals surface area contributed by atoms with Gasteiger partial charge in [-0.05, 0) is 37.5 Å². The Morgan fingerprint density at radius 2 is 2.43 bits per heavy atom. The lowest BCUT2D eigenvalue weighted by Crippen LogP contribution is -2.30. The Kier molecular flexibility index (Phi) is 4.83. The van der Waals surface area contributed by atoms with E-state index >= 15 is 0 Å². The highest BCUT2D eigenvalue weighted by molar-refractivity contribution is 7.99. The molecule has 2 unspecified atom stereocenters. The Balaban J connectivity index is 1.49. The molecule has 2 aromatic rings. The van der Waals surface area contributed by atoms with Gasteiger partial charge >= 0.3 is 0 Å². The van der Waals surface area contributed by atoms with Crippen molar-refractivity contribution in [2.45, 2.75) is 43.2 Å². The van der Waals surface area contributed by atoms with Crippen molar-refractivity contribution >= 4 is 22.8 Å². The molecule has 114 valence electrons. The smallest absolute Gasteiger partial charge is 0.166 e. The summed E-state index contributed by atoms with van der Waals surface area (Å²) in [7, 11) is 0. The van der Waals surface area contributed by atoms with Crippen LogP contribution in [0.25, 0.3) is 11.0 Å². The number of ether oxygens (including phenoxy) is 1. The number of imidazole rings is 1. The molecule has 0 spiro atoms. The summed E-state index contributed by atoms with van der Waals surface area (Å²) >= 11 is 1.79. The highest BCUT2D eigenvalue weighted by atomic mass is 32.2. The molecule has 21 heavy (non-hydrogen) atoms. The van der Waals surface area contributed by atoms with Crippen LogP contribution in [0.2, 0.25) is 0 Å². The fraction of sp³-hybridized carbons (Fsp3) is 0.562. The Labute approximate surface area is 130 Å². The molecule has 2 N–H and O–H groups in total. The maximum absolute atomic E-state index is 5.62. The average molecular weight is 305 g/mol. The van der Waals surface area contributed by atoms with E-state index in [0.717, 1.165) is 35.9 Å². The van der Waals surface area contributed by atoms with Crippen LogP contribution >= 0.6 is 11.8 Å². The molecule has 1 fully saturated rings. The monoisotopic (exact) mass is 305 g/mol. The maximum Gasteiger partial charge on any atom is 0.166 e. The van der Waals surface area contributed by atoms with Gasteiger partial charge in [0.2, 0.25) is 0 Å². The van der Waals surface area contributed by atoms with Crippen molar-refractivity contribution in [3.8, 4) is 0 Å². The lowest BCUT2D eigenvalue weighted by atomic mass is 10.2. The van der Waals surface area contributed by atoms with Crippen LogP contribution in [0.5, 0.6) is 0 Å². The highest BCUT2D eigenvalue weighted by Gasteiger charge is 2.15. The molecule has 4 nitrogen and oxygen atoms in total. The van der Waals surface area contributed by atoms with E-state index in [-0.39, 0.29) is 0 Å². The molecule has 1 aliphatic rings. The predicted octanol–water partition coefficient (Wildman–Crippen LogP) is 3.12. The van der Waals surface area contributed by atoms with Crippen LogP contribution in [0.1, 0.15) is 25.3 Å². The molecule has 2 atom stereocenters. The standard InChI is InChI=1S/C16H23N3OS/c1-11-5-6-14-15(8-11)19-16(18-14)21-12(2)9-17-10-13-4-3-7-20-13/h5-6,8,12-13,17H,3-4,7,9-10H2,1-2H3,(H,18,19). The summed E-state index contributed by atoms with van der Waals surface area (Å²) in [5, 5.41) is 4.98. The van der Waals surface area contributed by atoms with Crippen LogP contribution in [0.3, 0.4) is 0 Å². The molecule has 0 radical (unpaired) electrons. The first-order valence-corrected chi connectivity index (χ1v) is 8.54. The largest absolute Gasteiger partial charge is 0.377 e. The Hall–Kier alpha value is -1.04. The number of fused-ring (bicyclic) bond motifs is 1. The van der Waals surface area contributed by atoms with Crippen molar-refractivity contribution in [3.05, 3.63) is 23.8 Å². The normalized spacial score (nSPS) is 20.2. The summed E-state index contributed by atoms with van der Waals surface area (Å²) < 4.78 is 5.62. The van der Waals surface area contributed by atoms with Crippen molar-refractivity contribution in [1.82, 2.24) is 15.3 Å². The Bertz CT molecular complexity index is 592. The van der Waals surface area contributed by atoms with Crippen molar-refractivity contribution in [3.63, 3.8) is 0 Å². The number of hydrogen-bond donors (Lipinski definition) is 2. The molecule has 0 bridgehead atoms. The van der Waals surface area contributed by atoms with E-state index in [2.05, 4.69) is 47.3 Å². The molecule has 1 aliphatic heterocycles. The second-order valence-corrected chi connectivity index (χ2v) is 7.21. The van der Waals surface area contributed by atoms with E-state index in [0.29, 0.717) is 11.4 Å². The van der Waals surface area contributed by atoms with Gasteiger partial charge in [0.1, 0.15) is 0 Å². The number of benzene rings is 1. The van der Waals surface area contributed by atoms with Gasteiger partial charge in [0.15, 0.2) is 5.16 Å². The summed E-state index contributed by atoms with van der Waals surface area (Å²) in [4.78, 5) is 8.03. The average Bonchev–Trinajstić information content (AvgIpc) is 3.07. The third kappa shape index (κ3) is 3.99. The van der Waals surface area contributed by atoms with Gasteiger partial charge in [-0.15, -0.1) is 0 Å². The number of nitrogens with zero attached hydrogens (tertiary/aromatic N) is 1. The van der Waals surface area contributed by atoms with Gasteiger partial charge in [0.25, 0.3) is 0 Å². The Morgan fingerprint density at radius 3 is 3.24 bits per heavy atom. The number of hydrogen-bond acceptors (Lipinski definition) is 4. The molecule has 3 rings (SSSR count). The fourth-order valence-electron chi connectivity index (χ4n) is 2.64. The molecule has 1 aromatic carbocycles. The Morgan fingerprint density at radius 1 is 1.52 bits per heavy atom. The topological polar surface area (TPSA) is 49.9 Å². The lowest BCUT2D eigenvalue weighted by Gasteiger charge is -2.13. The molecular weight excluding hydrogens is 282 g/mol. The van der Waals surface area contributed by atoms with Crippen molar-refractivity contribution in [2.75, 3.05) is 19.7 Å². The van der Waals surface area contributed by atoms with Crippen LogP contribution in [-0.2, 0) is 4.74 Å². The predicted molar refractivity (Wildman–Crippen MR) is 88.0 cm³/mol. The van der Waals surface area contributed by atoms with E-state index in [1.807, 2.05) is 0 Å². The second kappa shape index (κ2) is 6.81. The zero-order valence-corrected chi connectivity index (χ0v) is 13.5. The fourth-order valence-corrected chi connectivity index (χ4v) is 3.54. The molecule has 5 heteroatoms. The first kappa shape index (κ1) is 14.9. The summed E-state index contributed by atoms with van der Waals surface area (Å²) in [6, 6.07) is 6.32. The number of rotatable bonds is 6. The van der Waals surface area contributed by atoms with E-state index in [1.165, 1.54) is 18.4 Å². The first-order chi connectivity index (χ1) is 10.2. The number of aromatic amines is 1. The first-order valence-electron chi connectivity index (χ1n) is 7.66. The molecule has 2 heterocycles. The quantitative estimate of drug-likeness (QED) is 0.805. The molecule has 0 aliphatic carbocycles. The summed E-state index contributed by atoms with van der Waals surface area (Å²) in [5.41, 5.74) is 3.42. The number of thioether (sulfide) groups is 1. The van der Waals surface area contributed by atoms with Crippen molar-refractivity contribution < 1.29 is 4.74 Å². The number of H-pyrrole nitrogens is 1. The number of nitrogens with one attached hydrogen (secondary N) is 2. The molecule has 1 aromatic heterocycles. The van der Waals surface area contributed by atoms with Crippen LogP contribution in [0, 0.1) is 6.92 Å². The minimum atomic E-state index is 0.413. The van der Waals surface area contributed by atoms with E-state index in [1.54, 1.807) is 11.8 Å². The number of aromatic nitrogens is 2. The van der Waals surface area contributed by atoms with Gasteiger partial charge in [-0.2, -0.15) is 0 Å². The minimum absolute atomic E-state index is 0.413. The SMILES string of the molecule is Cc1ccc2nc(SC(C)CNCC3CCCO3)[nH]c2c1. The third-order valence-corrected chi connectivity index (χ3v) is 4.74. The van der Waals surface area contributed by atoms with Gasteiger partial charge in [-0.3, -0.25) is 0 Å². The van der Waals surface area contributed by atoms with Crippen molar-refractivity contribution in [2.24, 2.45) is 0 Å². The summed E-state index contributed by atoms with van der Waals surface area (Å²) in [6.07, 6.45) is 2.81. The number of aryl methyl sites for hydroxylation is 1. The van der Waals surface area contributed by atoms with Gasteiger partial charge in [-0.25, -0.2) is 4.98 Å². The lowest BCUT2D eigenvalue weighted by molar-refractivity contribution is 0.110. The maximum atomic E-state index is 5.62. The van der Waals surface area contributed by atoms with Crippen LogP contribution in [0.15, 0.2) is 23.4 Å². The minimum Gasteiger partial charge on any atom is -0.377 e. The molecule has 1 saturated heterocycles. The van der Waals surface area contributed by atoms with E-state index in [9.17, 15) is 0 Å². The highest BCUT2D eigenvalue weighted by Crippen LogP contribution is 2.23. The van der Waals surface area contributed by atoms with E-state index in [4.69, 9.17) is 4.74 Å².